The highest BCUT2D eigenvalue weighted by Gasteiger charge is 2.26. The minimum atomic E-state index is -3.48. The topological polar surface area (TPSA) is 114 Å². The van der Waals surface area contributed by atoms with E-state index in [2.05, 4.69) is 20.8 Å². The van der Waals surface area contributed by atoms with E-state index >= 15 is 0 Å². The maximum absolute atomic E-state index is 12.6. The molecule has 0 spiro atoms. The highest BCUT2D eigenvalue weighted by molar-refractivity contribution is 8.01. The largest absolute Gasteiger partial charge is 0.457 e. The standard InChI is InChI=1S/C26H25N5O4S3/c32-24(27-19-10-14-23(15-11-19)38(33,34)31-16-4-5-17-31)18-36-26-30-29-25(37-26)28-20-8-12-22(13-9-20)35-21-6-2-1-3-7-21/h1-3,6-15H,4-5,16-18H2,(H,27,32)(H,28,29). The molecular weight excluding hydrogens is 543 g/mol. The maximum Gasteiger partial charge on any atom is 0.243 e. The van der Waals surface area contributed by atoms with Crippen molar-refractivity contribution < 1.29 is 17.9 Å². The lowest BCUT2D eigenvalue weighted by atomic mass is 10.3. The highest BCUT2D eigenvalue weighted by Crippen LogP contribution is 2.29. The minimum absolute atomic E-state index is 0.147. The number of sulfonamides is 1. The lowest BCUT2D eigenvalue weighted by molar-refractivity contribution is -0.113. The van der Waals surface area contributed by atoms with Crippen molar-refractivity contribution in [3.8, 4) is 11.5 Å². The fourth-order valence-corrected chi connectivity index (χ4v) is 6.87. The summed E-state index contributed by atoms with van der Waals surface area (Å²) in [6, 6.07) is 23.3. The van der Waals surface area contributed by atoms with E-state index in [1.165, 1.54) is 39.5 Å². The van der Waals surface area contributed by atoms with Gasteiger partial charge in [-0.05, 0) is 73.5 Å². The predicted molar refractivity (Wildman–Crippen MR) is 150 cm³/mol. The minimum Gasteiger partial charge on any atom is -0.457 e. The zero-order chi connectivity index (χ0) is 26.4. The molecule has 0 radical (unpaired) electrons. The molecule has 1 aliphatic rings. The van der Waals surface area contributed by atoms with E-state index in [1.54, 1.807) is 12.1 Å². The molecule has 9 nitrogen and oxygen atoms in total. The summed E-state index contributed by atoms with van der Waals surface area (Å²) < 4.78 is 33.2. The number of nitrogens with zero attached hydrogens (tertiary/aromatic N) is 3. The van der Waals surface area contributed by atoms with E-state index in [0.717, 1.165) is 30.0 Å². The number of nitrogens with one attached hydrogen (secondary N) is 2. The molecular formula is C26H25N5O4S3. The van der Waals surface area contributed by atoms with Crippen LogP contribution in [0.5, 0.6) is 11.5 Å². The summed E-state index contributed by atoms with van der Waals surface area (Å²) in [6.07, 6.45) is 1.77. The molecule has 12 heteroatoms. The number of ether oxygens (including phenoxy) is 1. The Morgan fingerprint density at radius 3 is 2.26 bits per heavy atom. The van der Waals surface area contributed by atoms with Gasteiger partial charge >= 0.3 is 0 Å². The number of thioether (sulfide) groups is 1. The Hall–Kier alpha value is -3.45. The molecule has 1 saturated heterocycles. The fraction of sp³-hybridized carbons (Fsp3) is 0.192. The zero-order valence-corrected chi connectivity index (χ0v) is 22.7. The Morgan fingerprint density at radius 1 is 0.895 bits per heavy atom. The first-order valence-electron chi connectivity index (χ1n) is 11.9. The number of benzene rings is 3. The third-order valence-corrected chi connectivity index (χ3v) is 9.54. The van der Waals surface area contributed by atoms with Crippen molar-refractivity contribution in [2.75, 3.05) is 29.5 Å². The van der Waals surface area contributed by atoms with E-state index < -0.39 is 10.0 Å². The van der Waals surface area contributed by atoms with Crippen LogP contribution in [0.25, 0.3) is 0 Å². The van der Waals surface area contributed by atoms with E-state index in [4.69, 9.17) is 4.74 Å². The molecule has 3 aromatic carbocycles. The Labute approximate surface area is 229 Å². The van der Waals surface area contributed by atoms with Gasteiger partial charge in [0.2, 0.25) is 21.1 Å². The van der Waals surface area contributed by atoms with Gasteiger partial charge in [-0.25, -0.2) is 8.42 Å². The summed E-state index contributed by atoms with van der Waals surface area (Å²) in [5.74, 6) is 1.42. The van der Waals surface area contributed by atoms with Crippen LogP contribution in [0.4, 0.5) is 16.5 Å². The summed E-state index contributed by atoms with van der Waals surface area (Å²) in [7, 11) is -3.48. The molecule has 2 heterocycles. The molecule has 1 aliphatic heterocycles. The second kappa shape index (κ2) is 11.9. The van der Waals surface area contributed by atoms with Crippen LogP contribution in [0.15, 0.2) is 88.1 Å². The summed E-state index contributed by atoms with van der Waals surface area (Å²) in [4.78, 5) is 12.6. The maximum atomic E-state index is 12.6. The molecule has 38 heavy (non-hydrogen) atoms. The molecule has 1 aromatic heterocycles. The van der Waals surface area contributed by atoms with Gasteiger partial charge in [0.05, 0.1) is 10.6 Å². The fourth-order valence-electron chi connectivity index (χ4n) is 3.79. The SMILES string of the molecule is O=C(CSc1nnc(Nc2ccc(Oc3ccccc3)cc2)s1)Nc1ccc(S(=O)(=O)N2CCCC2)cc1. The molecule has 4 aromatic rings. The van der Waals surface area contributed by atoms with Gasteiger partial charge in [0.15, 0.2) is 4.34 Å². The molecule has 1 fully saturated rings. The number of anilines is 3. The lowest BCUT2D eigenvalue weighted by Crippen LogP contribution is -2.27. The lowest BCUT2D eigenvalue weighted by Gasteiger charge is -2.15. The Kier molecular flexibility index (Phi) is 8.23. The number of carbonyl (C=O) groups is 1. The average molecular weight is 568 g/mol. The van der Waals surface area contributed by atoms with Crippen LogP contribution in [0.3, 0.4) is 0 Å². The van der Waals surface area contributed by atoms with Crippen LogP contribution in [0, 0.1) is 0 Å². The summed E-state index contributed by atoms with van der Waals surface area (Å²) in [5.41, 5.74) is 1.38. The van der Waals surface area contributed by atoms with Crippen LogP contribution in [-0.4, -0.2) is 47.7 Å². The van der Waals surface area contributed by atoms with Crippen molar-refractivity contribution in [1.82, 2.24) is 14.5 Å². The number of hydrogen-bond acceptors (Lipinski definition) is 9. The Bertz CT molecular complexity index is 1470. The first-order chi connectivity index (χ1) is 18.5. The normalized spacial score (nSPS) is 13.8. The predicted octanol–water partition coefficient (Wildman–Crippen LogP) is 5.59. The first kappa shape index (κ1) is 26.2. The van der Waals surface area contributed by atoms with Gasteiger partial charge in [0, 0.05) is 24.5 Å². The van der Waals surface area contributed by atoms with E-state index in [1.807, 2.05) is 54.6 Å². The van der Waals surface area contributed by atoms with Crippen molar-refractivity contribution >= 4 is 55.5 Å². The van der Waals surface area contributed by atoms with Crippen molar-refractivity contribution in [2.24, 2.45) is 0 Å². The van der Waals surface area contributed by atoms with Crippen LogP contribution in [0.2, 0.25) is 0 Å². The summed E-state index contributed by atoms with van der Waals surface area (Å²) in [5, 5.41) is 14.9. The number of rotatable bonds is 10. The quantitative estimate of drug-likeness (QED) is 0.239. The molecule has 5 rings (SSSR count). The third-order valence-electron chi connectivity index (χ3n) is 5.66. The number of aromatic nitrogens is 2. The third kappa shape index (κ3) is 6.70. The van der Waals surface area contributed by atoms with Crippen molar-refractivity contribution in [2.45, 2.75) is 22.1 Å². The van der Waals surface area contributed by atoms with Gasteiger partial charge in [0.1, 0.15) is 11.5 Å². The summed E-state index contributed by atoms with van der Waals surface area (Å²) >= 11 is 2.62. The average Bonchev–Trinajstić information content (AvgIpc) is 3.63. The first-order valence-corrected chi connectivity index (χ1v) is 15.2. The smallest absolute Gasteiger partial charge is 0.243 e. The van der Waals surface area contributed by atoms with Crippen LogP contribution >= 0.6 is 23.1 Å². The van der Waals surface area contributed by atoms with Gasteiger partial charge in [-0.3, -0.25) is 4.79 Å². The van der Waals surface area contributed by atoms with Crippen LogP contribution < -0.4 is 15.4 Å². The van der Waals surface area contributed by atoms with Crippen LogP contribution in [0.1, 0.15) is 12.8 Å². The van der Waals surface area contributed by atoms with Gasteiger partial charge in [-0.15, -0.1) is 10.2 Å². The van der Waals surface area contributed by atoms with Gasteiger partial charge in [0.25, 0.3) is 0 Å². The molecule has 2 N–H and O–H groups in total. The zero-order valence-electron chi connectivity index (χ0n) is 20.2. The highest BCUT2D eigenvalue weighted by atomic mass is 32.2. The van der Waals surface area contributed by atoms with E-state index in [9.17, 15) is 13.2 Å². The van der Waals surface area contributed by atoms with Gasteiger partial charge in [-0.1, -0.05) is 41.3 Å². The van der Waals surface area contributed by atoms with Crippen molar-refractivity contribution in [3.63, 3.8) is 0 Å². The molecule has 1 amide bonds. The number of hydrogen-bond donors (Lipinski definition) is 2. The Balaban J connectivity index is 1.09. The molecule has 0 atom stereocenters. The molecule has 0 bridgehead atoms. The monoisotopic (exact) mass is 567 g/mol. The Morgan fingerprint density at radius 2 is 1.55 bits per heavy atom. The second-order valence-electron chi connectivity index (χ2n) is 8.41. The molecule has 196 valence electrons. The van der Waals surface area contributed by atoms with Crippen LogP contribution in [-0.2, 0) is 14.8 Å². The van der Waals surface area contributed by atoms with E-state index in [0.29, 0.717) is 28.2 Å². The van der Waals surface area contributed by atoms with Gasteiger partial charge in [-0.2, -0.15) is 4.31 Å². The summed E-state index contributed by atoms with van der Waals surface area (Å²) in [6.45, 7) is 1.10. The molecule has 0 unspecified atom stereocenters. The van der Waals surface area contributed by atoms with E-state index in [-0.39, 0.29) is 16.6 Å². The molecule has 0 aliphatic carbocycles. The number of carbonyl (C=O) groups excluding carboxylic acids is 1. The second-order valence-corrected chi connectivity index (χ2v) is 12.5. The number of para-hydroxylation sites is 1. The van der Waals surface area contributed by atoms with Gasteiger partial charge < -0.3 is 15.4 Å². The van der Waals surface area contributed by atoms with Crippen molar-refractivity contribution in [3.05, 3.63) is 78.9 Å². The molecule has 0 saturated carbocycles. The number of amides is 1. The van der Waals surface area contributed by atoms with Crippen molar-refractivity contribution in [1.29, 1.82) is 0 Å².